The molecule has 1 N–H and O–H groups in total. The molecule has 0 atom stereocenters. The van der Waals surface area contributed by atoms with Gasteiger partial charge in [-0.15, -0.1) is 0 Å². The average Bonchev–Trinajstić information content (AvgIpc) is 2.83. The van der Waals surface area contributed by atoms with E-state index < -0.39 is 6.16 Å². The topological polar surface area (TPSA) is 82.8 Å². The lowest BCUT2D eigenvalue weighted by atomic mass is 10.3. The van der Waals surface area contributed by atoms with E-state index in [4.69, 9.17) is 9.47 Å². The minimum atomic E-state index is -0.939. The molecule has 0 spiro atoms. The van der Waals surface area contributed by atoms with Gasteiger partial charge in [-0.05, 0) is 31.2 Å². The van der Waals surface area contributed by atoms with Crippen molar-refractivity contribution in [3.63, 3.8) is 0 Å². The Balaban J connectivity index is 1.87. The van der Waals surface area contributed by atoms with Crippen molar-refractivity contribution < 1.29 is 28.5 Å². The van der Waals surface area contributed by atoms with E-state index in [1.54, 1.807) is 6.92 Å². The molecule has 22 heavy (non-hydrogen) atoms. The first-order chi connectivity index (χ1) is 10.6. The first kappa shape index (κ1) is 15.6. The third kappa shape index (κ3) is 4.11. The Morgan fingerprint density at radius 3 is 2.77 bits per heavy atom. The highest BCUT2D eigenvalue weighted by Crippen LogP contribution is 2.24. The van der Waals surface area contributed by atoms with Gasteiger partial charge in [-0.25, -0.2) is 9.18 Å². The van der Waals surface area contributed by atoms with Crippen LogP contribution >= 0.6 is 0 Å². The minimum Gasteiger partial charge on any atom is -0.492 e. The molecule has 0 aliphatic rings. The zero-order chi connectivity index (χ0) is 15.9. The highest BCUT2D eigenvalue weighted by molar-refractivity contribution is 5.63. The number of hydrogen-bond donors (Lipinski definition) is 1. The van der Waals surface area contributed by atoms with Crippen molar-refractivity contribution in [3.8, 4) is 17.5 Å². The molecule has 0 aliphatic heterocycles. The lowest BCUT2D eigenvalue weighted by Crippen LogP contribution is -2.10. The molecule has 1 aromatic carbocycles. The maximum absolute atomic E-state index is 12.7. The van der Waals surface area contributed by atoms with E-state index in [9.17, 15) is 14.3 Å². The maximum atomic E-state index is 12.7. The molecule has 1 heterocycles. The number of carbonyl (C=O) groups excluding carboxylic acids is 1. The van der Waals surface area contributed by atoms with Crippen molar-refractivity contribution in [1.29, 1.82) is 0 Å². The maximum Gasteiger partial charge on any atom is 0.515 e. The van der Waals surface area contributed by atoms with Gasteiger partial charge in [0.1, 0.15) is 24.5 Å². The van der Waals surface area contributed by atoms with E-state index in [0.29, 0.717) is 5.75 Å². The largest absolute Gasteiger partial charge is 0.515 e. The quantitative estimate of drug-likeness (QED) is 0.825. The molecule has 0 aliphatic carbocycles. The summed E-state index contributed by atoms with van der Waals surface area (Å²) in [7, 11) is 0. The molecule has 0 bridgehead atoms. The first-order valence-corrected chi connectivity index (χ1v) is 6.57. The third-order valence-corrected chi connectivity index (χ3v) is 2.63. The van der Waals surface area contributed by atoms with Crippen LogP contribution in [0.5, 0.6) is 17.5 Å². The number of carbonyl (C=O) groups is 1. The third-order valence-electron chi connectivity index (χ3n) is 2.63. The second-order valence-electron chi connectivity index (χ2n) is 4.15. The number of aromatic hydroxyl groups is 1. The van der Waals surface area contributed by atoms with Gasteiger partial charge in [0.15, 0.2) is 0 Å². The van der Waals surface area contributed by atoms with E-state index in [1.807, 2.05) is 0 Å². The predicted molar refractivity (Wildman–Crippen MR) is 73.4 cm³/mol. The molecule has 2 rings (SSSR count). The van der Waals surface area contributed by atoms with Gasteiger partial charge in [0.25, 0.3) is 11.8 Å². The van der Waals surface area contributed by atoms with Crippen molar-refractivity contribution in [2.24, 2.45) is 0 Å². The predicted octanol–water partition coefficient (Wildman–Crippen LogP) is 2.34. The number of imidazole rings is 1. The molecule has 7 nitrogen and oxygen atoms in total. The van der Waals surface area contributed by atoms with E-state index in [2.05, 4.69) is 9.72 Å². The molecule has 0 radical (unpaired) electrons. The van der Waals surface area contributed by atoms with Crippen molar-refractivity contribution in [2.75, 3.05) is 13.2 Å². The number of nitrogens with zero attached hydrogens (tertiary/aromatic N) is 2. The summed E-state index contributed by atoms with van der Waals surface area (Å²) in [6, 6.07) is 5.57. The Labute approximate surface area is 125 Å². The van der Waals surface area contributed by atoms with Crippen LogP contribution in [0.1, 0.15) is 6.92 Å². The standard InChI is InChI=1S/C14H15FN2O5/c1-2-20-14(19)22-12-13(18)17(9-16-12)7-8-21-11-5-3-10(15)4-6-11/h3-6,9,18H,2,7-8H2,1H3. The van der Waals surface area contributed by atoms with E-state index >= 15 is 0 Å². The van der Waals surface area contributed by atoms with Gasteiger partial charge in [0, 0.05) is 0 Å². The monoisotopic (exact) mass is 310 g/mol. The lowest BCUT2D eigenvalue weighted by Gasteiger charge is -2.07. The molecular formula is C14H15FN2O5. The summed E-state index contributed by atoms with van der Waals surface area (Å²) in [5.74, 6) is -0.389. The summed E-state index contributed by atoms with van der Waals surface area (Å²) in [4.78, 5) is 14.9. The van der Waals surface area contributed by atoms with Crippen LogP contribution in [-0.4, -0.2) is 34.0 Å². The fourth-order valence-corrected chi connectivity index (χ4v) is 1.61. The fraction of sp³-hybridized carbons (Fsp3) is 0.286. The normalized spacial score (nSPS) is 10.3. The number of benzene rings is 1. The Bertz CT molecular complexity index is 627. The molecule has 0 saturated heterocycles. The van der Waals surface area contributed by atoms with Gasteiger partial charge >= 0.3 is 6.16 Å². The summed E-state index contributed by atoms with van der Waals surface area (Å²) < 4.78 is 28.8. The number of hydrogen-bond acceptors (Lipinski definition) is 6. The summed E-state index contributed by atoms with van der Waals surface area (Å²) in [5.41, 5.74) is 0. The van der Waals surface area contributed by atoms with E-state index in [-0.39, 0.29) is 37.3 Å². The van der Waals surface area contributed by atoms with Gasteiger partial charge < -0.3 is 19.3 Å². The van der Waals surface area contributed by atoms with Crippen LogP contribution < -0.4 is 9.47 Å². The second-order valence-corrected chi connectivity index (χ2v) is 4.15. The van der Waals surface area contributed by atoms with Gasteiger partial charge in [-0.2, -0.15) is 4.98 Å². The number of rotatable bonds is 6. The SMILES string of the molecule is CCOC(=O)Oc1ncn(CCOc2ccc(F)cc2)c1O. The second kappa shape index (κ2) is 7.30. The van der Waals surface area contributed by atoms with Gasteiger partial charge in [-0.3, -0.25) is 4.57 Å². The van der Waals surface area contributed by atoms with E-state index in [0.717, 1.165) is 0 Å². The highest BCUT2D eigenvalue weighted by Gasteiger charge is 2.15. The van der Waals surface area contributed by atoms with Crippen LogP contribution in [0.2, 0.25) is 0 Å². The minimum absolute atomic E-state index is 0.159. The summed E-state index contributed by atoms with van der Waals surface area (Å²) in [5, 5.41) is 9.84. The Kier molecular flexibility index (Phi) is 5.18. The number of ether oxygens (including phenoxy) is 3. The molecule has 1 aromatic heterocycles. The van der Waals surface area contributed by atoms with Crippen LogP contribution in [-0.2, 0) is 11.3 Å². The van der Waals surface area contributed by atoms with Crippen LogP contribution in [0, 0.1) is 5.82 Å². The highest BCUT2D eigenvalue weighted by atomic mass is 19.1. The van der Waals surface area contributed by atoms with Gasteiger partial charge in [0.05, 0.1) is 13.2 Å². The smallest absolute Gasteiger partial charge is 0.492 e. The Morgan fingerprint density at radius 2 is 2.09 bits per heavy atom. The fourth-order valence-electron chi connectivity index (χ4n) is 1.61. The lowest BCUT2D eigenvalue weighted by molar-refractivity contribution is 0.101. The van der Waals surface area contributed by atoms with Gasteiger partial charge in [-0.1, -0.05) is 0 Å². The van der Waals surface area contributed by atoms with Gasteiger partial charge in [0.2, 0.25) is 0 Å². The Hall–Kier alpha value is -2.77. The van der Waals surface area contributed by atoms with Crippen molar-refractivity contribution in [2.45, 2.75) is 13.5 Å². The van der Waals surface area contributed by atoms with Crippen LogP contribution in [0.25, 0.3) is 0 Å². The van der Waals surface area contributed by atoms with Crippen LogP contribution in [0.3, 0.4) is 0 Å². The summed E-state index contributed by atoms with van der Waals surface area (Å²) >= 11 is 0. The molecule has 0 saturated carbocycles. The molecule has 118 valence electrons. The first-order valence-electron chi connectivity index (χ1n) is 6.57. The zero-order valence-electron chi connectivity index (χ0n) is 11.9. The Morgan fingerprint density at radius 1 is 1.36 bits per heavy atom. The number of halogens is 1. The van der Waals surface area contributed by atoms with E-state index in [1.165, 1.54) is 35.2 Å². The average molecular weight is 310 g/mol. The molecular weight excluding hydrogens is 295 g/mol. The van der Waals surface area contributed by atoms with Crippen molar-refractivity contribution >= 4 is 6.16 Å². The van der Waals surface area contributed by atoms with Crippen molar-refractivity contribution in [3.05, 3.63) is 36.4 Å². The summed E-state index contributed by atoms with van der Waals surface area (Å²) in [6.45, 7) is 2.27. The summed E-state index contributed by atoms with van der Waals surface area (Å²) in [6.07, 6.45) is 0.364. The van der Waals surface area contributed by atoms with Crippen molar-refractivity contribution in [1.82, 2.24) is 9.55 Å². The molecule has 8 heteroatoms. The number of aromatic nitrogens is 2. The molecule has 0 unspecified atom stereocenters. The molecule has 0 fully saturated rings. The molecule has 2 aromatic rings. The van der Waals surface area contributed by atoms with Crippen LogP contribution in [0.15, 0.2) is 30.6 Å². The van der Waals surface area contributed by atoms with Crippen LogP contribution in [0.4, 0.5) is 9.18 Å². The zero-order valence-corrected chi connectivity index (χ0v) is 11.9. The molecule has 0 amide bonds.